The van der Waals surface area contributed by atoms with Gasteiger partial charge in [0.05, 0.1) is 13.1 Å². The number of nitrogens with zero attached hydrogens (tertiary/aromatic N) is 6. The number of benzene rings is 2. The van der Waals surface area contributed by atoms with Crippen molar-refractivity contribution in [1.82, 2.24) is 30.2 Å². The molecular weight excluding hydrogens is 354 g/mol. The molecule has 2 aromatic carbocycles. The van der Waals surface area contributed by atoms with E-state index in [4.69, 9.17) is 4.52 Å². The second-order valence-electron chi connectivity index (χ2n) is 6.45. The lowest BCUT2D eigenvalue weighted by molar-refractivity contribution is 0.432. The van der Waals surface area contributed by atoms with E-state index in [0.717, 1.165) is 41.2 Å². The number of hydrogen-bond acceptors (Lipinski definition) is 7. The third-order valence-corrected chi connectivity index (χ3v) is 4.53. The minimum absolute atomic E-state index is 0.495. The molecule has 0 fully saturated rings. The molecule has 1 aliphatic rings. The van der Waals surface area contributed by atoms with Crippen LogP contribution in [0, 0.1) is 0 Å². The van der Waals surface area contributed by atoms with E-state index in [0.29, 0.717) is 18.3 Å². The summed E-state index contributed by atoms with van der Waals surface area (Å²) in [4.78, 5) is 12.9. The summed E-state index contributed by atoms with van der Waals surface area (Å²) in [6.45, 7) is 2.38. The van der Waals surface area contributed by atoms with Gasteiger partial charge in [0.2, 0.25) is 5.82 Å². The largest absolute Gasteiger partial charge is 0.368 e. The maximum atomic E-state index is 5.46. The molecular formula is C20H17N7O. The Bertz CT molecular complexity index is 1100. The highest BCUT2D eigenvalue weighted by Crippen LogP contribution is 2.23. The van der Waals surface area contributed by atoms with Gasteiger partial charge in [0.15, 0.2) is 0 Å². The third-order valence-electron chi connectivity index (χ3n) is 4.53. The smallest absolute Gasteiger partial charge is 0.258 e. The van der Waals surface area contributed by atoms with Crippen LogP contribution >= 0.6 is 0 Å². The Kier molecular flexibility index (Phi) is 4.13. The summed E-state index contributed by atoms with van der Waals surface area (Å²) in [7, 11) is 0. The van der Waals surface area contributed by atoms with Crippen LogP contribution in [0.15, 0.2) is 70.7 Å². The first-order chi connectivity index (χ1) is 13.8. The topological polar surface area (TPSA) is 94.0 Å². The Hall–Kier alpha value is -3.81. The van der Waals surface area contributed by atoms with E-state index >= 15 is 0 Å². The van der Waals surface area contributed by atoms with Crippen molar-refractivity contribution in [2.45, 2.75) is 6.54 Å². The molecule has 8 nitrogen and oxygen atoms in total. The first-order valence-corrected chi connectivity index (χ1v) is 9.00. The molecule has 0 bridgehead atoms. The first-order valence-electron chi connectivity index (χ1n) is 9.00. The summed E-state index contributed by atoms with van der Waals surface area (Å²) in [6.07, 6.45) is 3.22. The van der Waals surface area contributed by atoms with Crippen molar-refractivity contribution in [3.63, 3.8) is 0 Å². The third kappa shape index (κ3) is 3.27. The van der Waals surface area contributed by atoms with Crippen molar-refractivity contribution < 1.29 is 4.52 Å². The number of rotatable bonds is 5. The van der Waals surface area contributed by atoms with Gasteiger partial charge >= 0.3 is 0 Å². The van der Waals surface area contributed by atoms with Crippen molar-refractivity contribution in [2.75, 3.05) is 13.1 Å². The molecule has 0 amide bonds. The lowest BCUT2D eigenvalue weighted by Crippen LogP contribution is -2.19. The normalized spacial score (nSPS) is 13.4. The minimum Gasteiger partial charge on any atom is -0.368 e. The monoisotopic (exact) mass is 371 g/mol. The molecule has 1 aliphatic heterocycles. The summed E-state index contributed by atoms with van der Waals surface area (Å²) in [5.41, 5.74) is 3.96. The van der Waals surface area contributed by atoms with Crippen molar-refractivity contribution in [3.05, 3.63) is 72.3 Å². The van der Waals surface area contributed by atoms with Crippen LogP contribution in [-0.2, 0) is 6.54 Å². The lowest BCUT2D eigenvalue weighted by Gasteiger charge is -2.02. The predicted molar refractivity (Wildman–Crippen MR) is 104 cm³/mol. The molecule has 0 spiro atoms. The van der Waals surface area contributed by atoms with Crippen LogP contribution in [0.25, 0.3) is 22.8 Å². The fourth-order valence-electron chi connectivity index (χ4n) is 3.08. The van der Waals surface area contributed by atoms with Crippen molar-refractivity contribution in [1.29, 1.82) is 0 Å². The maximum absolute atomic E-state index is 5.46. The van der Waals surface area contributed by atoms with Crippen LogP contribution in [0.4, 0.5) is 0 Å². The molecule has 138 valence electrons. The van der Waals surface area contributed by atoms with Gasteiger partial charge in [-0.3, -0.25) is 4.99 Å². The highest BCUT2D eigenvalue weighted by molar-refractivity contribution is 6.00. The zero-order valence-electron chi connectivity index (χ0n) is 15.0. The molecule has 2 aromatic heterocycles. The maximum Gasteiger partial charge on any atom is 0.258 e. The second kappa shape index (κ2) is 7.07. The van der Waals surface area contributed by atoms with Gasteiger partial charge in [-0.25, -0.2) is 9.67 Å². The van der Waals surface area contributed by atoms with E-state index < -0.39 is 0 Å². The lowest BCUT2D eigenvalue weighted by atomic mass is 10.1. The summed E-state index contributed by atoms with van der Waals surface area (Å²) < 4.78 is 7.23. The summed E-state index contributed by atoms with van der Waals surface area (Å²) in [6, 6.07) is 16.0. The van der Waals surface area contributed by atoms with Crippen LogP contribution in [0.1, 0.15) is 11.1 Å². The Morgan fingerprint density at radius 3 is 2.46 bits per heavy atom. The molecule has 5 rings (SSSR count). The van der Waals surface area contributed by atoms with Gasteiger partial charge in [0.25, 0.3) is 5.89 Å². The minimum atomic E-state index is 0.495. The summed E-state index contributed by atoms with van der Waals surface area (Å²) in [5.74, 6) is 1.99. The molecule has 0 atom stereocenters. The van der Waals surface area contributed by atoms with Gasteiger partial charge < -0.3 is 9.84 Å². The number of hydrogen-bond donors (Lipinski definition) is 1. The van der Waals surface area contributed by atoms with Gasteiger partial charge in [-0.15, -0.1) is 0 Å². The van der Waals surface area contributed by atoms with Crippen LogP contribution in [0.3, 0.4) is 0 Å². The van der Waals surface area contributed by atoms with Crippen LogP contribution in [0.2, 0.25) is 0 Å². The Morgan fingerprint density at radius 2 is 1.75 bits per heavy atom. The van der Waals surface area contributed by atoms with E-state index in [1.807, 2.05) is 48.5 Å². The number of amidine groups is 1. The van der Waals surface area contributed by atoms with E-state index in [1.54, 1.807) is 11.0 Å². The SMILES string of the molecule is c1ncn(Cc2ccc(-c3noc(-c4ccc(C5=NCCN5)cc4)n3)cc2)n1. The van der Waals surface area contributed by atoms with Crippen molar-refractivity contribution >= 4 is 5.84 Å². The highest BCUT2D eigenvalue weighted by atomic mass is 16.5. The Morgan fingerprint density at radius 1 is 0.964 bits per heavy atom. The summed E-state index contributed by atoms with van der Waals surface area (Å²) in [5, 5.41) is 11.5. The van der Waals surface area contributed by atoms with Crippen LogP contribution < -0.4 is 5.32 Å². The fraction of sp³-hybridized carbons (Fsp3) is 0.150. The Labute approximate surface area is 161 Å². The van der Waals surface area contributed by atoms with E-state index in [1.165, 1.54) is 6.33 Å². The van der Waals surface area contributed by atoms with E-state index in [-0.39, 0.29) is 0 Å². The fourth-order valence-corrected chi connectivity index (χ4v) is 3.08. The molecule has 0 saturated heterocycles. The number of aliphatic imine (C=N–C) groups is 1. The molecule has 0 radical (unpaired) electrons. The second-order valence-corrected chi connectivity index (χ2v) is 6.45. The number of nitrogens with one attached hydrogen (secondary N) is 1. The van der Waals surface area contributed by atoms with E-state index in [2.05, 4.69) is 30.5 Å². The molecule has 3 heterocycles. The molecule has 1 N–H and O–H groups in total. The molecule has 0 unspecified atom stereocenters. The van der Waals surface area contributed by atoms with Crippen LogP contribution in [-0.4, -0.2) is 43.8 Å². The standard InChI is InChI=1S/C20H17N7O/c1-3-16(4-2-14(1)11-27-13-21-12-24-27)19-25-20(28-26-19)17-7-5-15(6-8-17)18-22-9-10-23-18/h1-8,12-13H,9-11H2,(H,22,23). The van der Waals surface area contributed by atoms with Gasteiger partial charge in [-0.1, -0.05) is 41.6 Å². The zero-order valence-corrected chi connectivity index (χ0v) is 15.0. The molecule has 4 aromatic rings. The summed E-state index contributed by atoms with van der Waals surface area (Å²) >= 11 is 0. The average molecular weight is 371 g/mol. The molecule has 0 saturated carbocycles. The van der Waals surface area contributed by atoms with Gasteiger partial charge in [-0.2, -0.15) is 10.1 Å². The van der Waals surface area contributed by atoms with Crippen molar-refractivity contribution in [3.8, 4) is 22.8 Å². The van der Waals surface area contributed by atoms with Crippen molar-refractivity contribution in [2.24, 2.45) is 4.99 Å². The van der Waals surface area contributed by atoms with Gasteiger partial charge in [0, 0.05) is 23.2 Å². The molecule has 0 aliphatic carbocycles. The van der Waals surface area contributed by atoms with E-state index in [9.17, 15) is 0 Å². The Balaban J connectivity index is 1.33. The van der Waals surface area contributed by atoms with Gasteiger partial charge in [0.1, 0.15) is 18.5 Å². The molecule has 8 heteroatoms. The first kappa shape index (κ1) is 16.4. The van der Waals surface area contributed by atoms with Gasteiger partial charge in [-0.05, 0) is 17.7 Å². The molecule has 28 heavy (non-hydrogen) atoms. The number of aromatic nitrogens is 5. The predicted octanol–water partition coefficient (Wildman–Crippen LogP) is 2.39. The quantitative estimate of drug-likeness (QED) is 0.579. The highest BCUT2D eigenvalue weighted by Gasteiger charge is 2.12. The van der Waals surface area contributed by atoms with Crippen LogP contribution in [0.5, 0.6) is 0 Å². The zero-order chi connectivity index (χ0) is 18.8. The average Bonchev–Trinajstić information content (AvgIpc) is 3.51.